The number of amides is 2. The monoisotopic (exact) mass is 462 g/mol. The predicted octanol–water partition coefficient (Wildman–Crippen LogP) is 5.61. The van der Waals surface area contributed by atoms with Crippen LogP contribution in [0.3, 0.4) is 0 Å². The third-order valence-corrected chi connectivity index (χ3v) is 6.11. The molecule has 6 nitrogen and oxygen atoms in total. The first-order valence-corrected chi connectivity index (χ1v) is 11.8. The molecule has 0 aliphatic carbocycles. The molecule has 0 spiro atoms. The van der Waals surface area contributed by atoms with E-state index >= 15 is 4.39 Å². The van der Waals surface area contributed by atoms with Gasteiger partial charge in [0.1, 0.15) is 0 Å². The Morgan fingerprint density at radius 1 is 1.21 bits per heavy atom. The average Bonchev–Trinajstić information content (AvgIpc) is 2.59. The van der Waals surface area contributed by atoms with Gasteiger partial charge in [-0.2, -0.15) is 0 Å². The third kappa shape index (κ3) is 5.86. The van der Waals surface area contributed by atoms with Crippen molar-refractivity contribution in [3.05, 3.63) is 17.4 Å². The van der Waals surface area contributed by atoms with Crippen molar-refractivity contribution in [3.8, 4) is 5.75 Å². The normalized spacial score (nSPS) is 22.5. The largest absolute Gasteiger partial charge is 0.476 e. The van der Waals surface area contributed by atoms with Gasteiger partial charge in [0.05, 0.1) is 22.6 Å². The van der Waals surface area contributed by atoms with Gasteiger partial charge in [-0.3, -0.25) is 9.59 Å². The van der Waals surface area contributed by atoms with Crippen molar-refractivity contribution in [1.82, 2.24) is 0 Å². The van der Waals surface area contributed by atoms with Gasteiger partial charge in [0, 0.05) is 13.0 Å². The summed E-state index contributed by atoms with van der Waals surface area (Å²) in [5.74, 6) is -0.866. The topological polar surface area (TPSA) is 67.9 Å². The van der Waals surface area contributed by atoms with E-state index in [1.807, 2.05) is 20.8 Å². The lowest BCUT2D eigenvalue weighted by Crippen LogP contribution is -2.51. The number of hydrogen-bond donors (Lipinski definition) is 1. The molecule has 1 saturated heterocycles. The number of anilines is 2. The molecule has 0 saturated carbocycles. The Hall–Kier alpha value is -2.15. The molecule has 2 aliphatic rings. The minimum atomic E-state index is -0.811. The molecular weight excluding hydrogens is 423 g/mol. The lowest BCUT2D eigenvalue weighted by Gasteiger charge is -2.47. The molecule has 2 heterocycles. The molecule has 1 fully saturated rings. The average molecular weight is 463 g/mol. The van der Waals surface area contributed by atoms with Crippen LogP contribution in [-0.4, -0.2) is 35.7 Å². The lowest BCUT2D eigenvalue weighted by molar-refractivity contribution is -0.171. The Morgan fingerprint density at radius 2 is 1.79 bits per heavy atom. The number of rotatable bonds is 4. The number of fused-ring (bicyclic) bond motifs is 1. The summed E-state index contributed by atoms with van der Waals surface area (Å²) < 4.78 is 27.5. The molecule has 3 rings (SSSR count). The number of halogens is 1. The molecule has 0 radical (unpaired) electrons. The first-order valence-electron chi connectivity index (χ1n) is 11.8. The maximum absolute atomic E-state index is 15.6. The van der Waals surface area contributed by atoms with Crippen LogP contribution >= 0.6 is 0 Å². The van der Waals surface area contributed by atoms with Crippen LogP contribution < -0.4 is 15.0 Å². The van der Waals surface area contributed by atoms with E-state index in [0.717, 1.165) is 12.8 Å². The van der Waals surface area contributed by atoms with Crippen LogP contribution in [0.2, 0.25) is 0 Å². The van der Waals surface area contributed by atoms with E-state index in [9.17, 15) is 9.59 Å². The summed E-state index contributed by atoms with van der Waals surface area (Å²) in [4.78, 5) is 27.2. The molecule has 2 amide bonds. The smallest absolute Gasteiger partial charge is 0.267 e. The van der Waals surface area contributed by atoms with E-state index in [2.05, 4.69) is 33.0 Å². The Bertz CT molecular complexity index is 933. The van der Waals surface area contributed by atoms with Crippen LogP contribution in [0.5, 0.6) is 5.75 Å². The number of aryl methyl sites for hydroxylation is 1. The standard InChI is InChI=1S/C26H39FN2O4/c1-15-10-18-22(20(27)21(15)28-19(30)13-24(3,4)5)32-16(2)23(31)29(18)14-17-11-25(6,7)33-26(8,9)12-17/h10,16-17H,11-14H2,1-9H3,(H,28,30). The van der Waals surface area contributed by atoms with Gasteiger partial charge in [-0.1, -0.05) is 20.8 Å². The SMILES string of the molecule is Cc1cc2c(c(F)c1NC(=O)CC(C)(C)C)OC(C)C(=O)N2CC1CC(C)(C)OC(C)(C)C1. The van der Waals surface area contributed by atoms with Gasteiger partial charge < -0.3 is 19.7 Å². The molecule has 1 aromatic carbocycles. The zero-order chi connectivity index (χ0) is 24.9. The first kappa shape index (κ1) is 25.5. The summed E-state index contributed by atoms with van der Waals surface area (Å²) in [6.07, 6.45) is 1.05. The zero-order valence-corrected chi connectivity index (χ0v) is 21.5. The number of hydrogen-bond acceptors (Lipinski definition) is 4. The maximum Gasteiger partial charge on any atom is 0.267 e. The highest BCUT2D eigenvalue weighted by Crippen LogP contribution is 2.44. The highest BCUT2D eigenvalue weighted by Gasteiger charge is 2.42. The second-order valence-electron chi connectivity index (χ2n) is 12.1. The molecule has 33 heavy (non-hydrogen) atoms. The fraction of sp³-hybridized carbons (Fsp3) is 0.692. The van der Waals surface area contributed by atoms with Crippen molar-refractivity contribution in [2.45, 2.75) is 98.9 Å². The van der Waals surface area contributed by atoms with Gasteiger partial charge in [-0.05, 0) is 77.3 Å². The number of carbonyl (C=O) groups is 2. The number of carbonyl (C=O) groups excluding carboxylic acids is 2. The van der Waals surface area contributed by atoms with Crippen molar-refractivity contribution in [3.63, 3.8) is 0 Å². The third-order valence-electron chi connectivity index (χ3n) is 6.11. The molecule has 0 aromatic heterocycles. The second kappa shape index (κ2) is 8.57. The van der Waals surface area contributed by atoms with Gasteiger partial charge in [0.25, 0.3) is 5.91 Å². The Labute approximate surface area is 197 Å². The fourth-order valence-corrected chi connectivity index (χ4v) is 5.31. The van der Waals surface area contributed by atoms with Crippen molar-refractivity contribution < 1.29 is 23.5 Å². The van der Waals surface area contributed by atoms with Gasteiger partial charge in [0.15, 0.2) is 17.7 Å². The van der Waals surface area contributed by atoms with Crippen LogP contribution in [-0.2, 0) is 14.3 Å². The van der Waals surface area contributed by atoms with Crippen LogP contribution in [0.25, 0.3) is 0 Å². The van der Waals surface area contributed by atoms with Crippen LogP contribution in [0.4, 0.5) is 15.8 Å². The summed E-state index contributed by atoms with van der Waals surface area (Å²) in [5.41, 5.74) is 0.248. The van der Waals surface area contributed by atoms with Crippen molar-refractivity contribution in [2.75, 3.05) is 16.8 Å². The van der Waals surface area contributed by atoms with E-state index in [4.69, 9.17) is 9.47 Å². The lowest BCUT2D eigenvalue weighted by atomic mass is 9.80. The Kier molecular flexibility index (Phi) is 6.61. The number of nitrogens with one attached hydrogen (secondary N) is 1. The van der Waals surface area contributed by atoms with Gasteiger partial charge >= 0.3 is 0 Å². The zero-order valence-electron chi connectivity index (χ0n) is 21.5. The minimum Gasteiger partial charge on any atom is -0.476 e. The molecule has 1 aromatic rings. The molecule has 1 atom stereocenters. The van der Waals surface area contributed by atoms with Crippen LogP contribution in [0.15, 0.2) is 6.07 Å². The summed E-state index contributed by atoms with van der Waals surface area (Å²) >= 11 is 0. The summed E-state index contributed by atoms with van der Waals surface area (Å²) in [6.45, 7) is 17.9. The highest BCUT2D eigenvalue weighted by molar-refractivity contribution is 6.01. The van der Waals surface area contributed by atoms with Gasteiger partial charge in [-0.15, -0.1) is 0 Å². The van der Waals surface area contributed by atoms with E-state index < -0.39 is 11.9 Å². The second-order valence-corrected chi connectivity index (χ2v) is 12.1. The minimum absolute atomic E-state index is 0.0179. The highest BCUT2D eigenvalue weighted by atomic mass is 19.1. The van der Waals surface area contributed by atoms with Crippen LogP contribution in [0, 0.1) is 24.1 Å². The Morgan fingerprint density at radius 3 is 2.33 bits per heavy atom. The maximum atomic E-state index is 15.6. The first-order chi connectivity index (χ1) is 15.0. The van der Waals surface area contributed by atoms with E-state index in [1.54, 1.807) is 24.8 Å². The Balaban J connectivity index is 1.94. The van der Waals surface area contributed by atoms with Crippen molar-refractivity contribution in [2.24, 2.45) is 11.3 Å². The van der Waals surface area contributed by atoms with E-state index in [1.165, 1.54) is 0 Å². The molecular formula is C26H39FN2O4. The number of nitrogens with zero attached hydrogens (tertiary/aromatic N) is 1. The number of ether oxygens (including phenoxy) is 2. The summed E-state index contributed by atoms with van der Waals surface area (Å²) in [5, 5.41) is 2.72. The summed E-state index contributed by atoms with van der Waals surface area (Å²) in [6, 6.07) is 1.74. The van der Waals surface area contributed by atoms with Crippen molar-refractivity contribution >= 4 is 23.2 Å². The van der Waals surface area contributed by atoms with Crippen LogP contribution in [0.1, 0.15) is 80.2 Å². The van der Waals surface area contributed by atoms with E-state index in [-0.39, 0.29) is 52.2 Å². The van der Waals surface area contributed by atoms with Gasteiger partial charge in [-0.25, -0.2) is 4.39 Å². The molecule has 1 N–H and O–H groups in total. The molecule has 184 valence electrons. The van der Waals surface area contributed by atoms with Crippen molar-refractivity contribution in [1.29, 1.82) is 0 Å². The van der Waals surface area contributed by atoms with E-state index in [0.29, 0.717) is 17.8 Å². The fourth-order valence-electron chi connectivity index (χ4n) is 5.31. The molecule has 1 unspecified atom stereocenters. The molecule has 2 aliphatic heterocycles. The molecule has 7 heteroatoms. The quantitative estimate of drug-likeness (QED) is 0.632. The number of benzene rings is 1. The van der Waals surface area contributed by atoms with Gasteiger partial charge in [0.2, 0.25) is 5.91 Å². The summed E-state index contributed by atoms with van der Waals surface area (Å²) in [7, 11) is 0. The molecule has 0 bridgehead atoms. The predicted molar refractivity (Wildman–Crippen MR) is 128 cm³/mol.